The maximum Gasteiger partial charge on any atom is 0.151 e. The van der Waals surface area contributed by atoms with Gasteiger partial charge in [-0.3, -0.25) is 10.8 Å². The Morgan fingerprint density at radius 2 is 1.47 bits per heavy atom. The molecule has 0 atom stereocenters. The molecule has 0 spiro atoms. The highest BCUT2D eigenvalue weighted by Crippen LogP contribution is 2.22. The highest BCUT2D eigenvalue weighted by molar-refractivity contribution is 8.93. The van der Waals surface area contributed by atoms with Crippen LogP contribution in [0.3, 0.4) is 0 Å². The van der Waals surface area contributed by atoms with Gasteiger partial charge in [-0.15, -0.1) is 34.0 Å². The first-order valence-electron chi connectivity index (χ1n) is 5.01. The second-order valence-electron chi connectivity index (χ2n) is 3.58. The van der Waals surface area contributed by atoms with E-state index in [9.17, 15) is 0 Å². The number of amidine groups is 2. The van der Waals surface area contributed by atoms with Crippen molar-refractivity contribution >= 4 is 67.8 Å². The number of rotatable bonds is 4. The molecule has 1 aromatic rings. The molecule has 0 amide bonds. The highest BCUT2D eigenvalue weighted by atomic mass is 79.9. The minimum Gasteiger partial charge on any atom is -0.379 e. The lowest BCUT2D eigenvalue weighted by molar-refractivity contribution is 1.26. The standard InChI is InChI=1S/C11H16N4S2.2BrH/c1-7-2-3-8(5-16-10(12)13)9(4-7)6-17-11(14)15;;/h2-4H,5-6H2,1H3,(H3,12,13)(H3,14,15);2*1H. The molecule has 0 unspecified atom stereocenters. The Kier molecular flexibility index (Phi) is 11.8. The predicted molar refractivity (Wildman–Crippen MR) is 98.2 cm³/mol. The summed E-state index contributed by atoms with van der Waals surface area (Å²) in [4.78, 5) is 0. The lowest BCUT2D eigenvalue weighted by atomic mass is 10.1. The molecule has 8 heteroatoms. The van der Waals surface area contributed by atoms with Crippen LogP contribution in [0.2, 0.25) is 0 Å². The van der Waals surface area contributed by atoms with Gasteiger partial charge in [-0.05, 0) is 18.1 Å². The maximum absolute atomic E-state index is 7.22. The number of nitrogens with two attached hydrogens (primary N) is 2. The predicted octanol–water partition coefficient (Wildman–Crippen LogP) is 3.40. The summed E-state index contributed by atoms with van der Waals surface area (Å²) in [6, 6.07) is 6.17. The first kappa shape index (κ1) is 21.1. The fourth-order valence-corrected chi connectivity index (χ4v) is 2.51. The van der Waals surface area contributed by atoms with E-state index < -0.39 is 0 Å². The Hall–Kier alpha value is -0.180. The summed E-state index contributed by atoms with van der Waals surface area (Å²) in [5.74, 6) is 1.37. The largest absolute Gasteiger partial charge is 0.379 e. The summed E-state index contributed by atoms with van der Waals surface area (Å²) < 4.78 is 0. The second kappa shape index (κ2) is 10.6. The van der Waals surface area contributed by atoms with Crippen LogP contribution in [0.5, 0.6) is 0 Å². The molecule has 0 aromatic heterocycles. The van der Waals surface area contributed by atoms with Gasteiger partial charge in [0, 0.05) is 11.5 Å². The van der Waals surface area contributed by atoms with E-state index in [-0.39, 0.29) is 44.3 Å². The molecule has 0 aliphatic carbocycles. The molecule has 108 valence electrons. The lowest BCUT2D eigenvalue weighted by Gasteiger charge is -2.09. The molecular formula is C11H18Br2N4S2. The molecule has 0 bridgehead atoms. The number of hydrogen-bond acceptors (Lipinski definition) is 4. The van der Waals surface area contributed by atoms with Gasteiger partial charge in [0.1, 0.15) is 0 Å². The van der Waals surface area contributed by atoms with E-state index in [1.54, 1.807) is 0 Å². The summed E-state index contributed by atoms with van der Waals surface area (Å²) in [5.41, 5.74) is 14.1. The third-order valence-corrected chi connectivity index (χ3v) is 3.66. The van der Waals surface area contributed by atoms with Crippen molar-refractivity contribution in [3.63, 3.8) is 0 Å². The quantitative estimate of drug-likeness (QED) is 0.435. The lowest BCUT2D eigenvalue weighted by Crippen LogP contribution is -2.06. The van der Waals surface area contributed by atoms with Crippen molar-refractivity contribution in [3.05, 3.63) is 34.9 Å². The van der Waals surface area contributed by atoms with Gasteiger partial charge in [0.25, 0.3) is 0 Å². The number of hydrogen-bond donors (Lipinski definition) is 4. The maximum atomic E-state index is 7.22. The van der Waals surface area contributed by atoms with Crippen molar-refractivity contribution in [3.8, 4) is 0 Å². The number of nitrogens with one attached hydrogen (secondary N) is 2. The van der Waals surface area contributed by atoms with E-state index >= 15 is 0 Å². The van der Waals surface area contributed by atoms with Crippen LogP contribution < -0.4 is 11.5 Å². The van der Waals surface area contributed by atoms with Crippen LogP contribution in [0, 0.1) is 17.7 Å². The molecule has 4 nitrogen and oxygen atoms in total. The van der Waals surface area contributed by atoms with E-state index in [0.29, 0.717) is 11.5 Å². The van der Waals surface area contributed by atoms with Crippen LogP contribution in [0.1, 0.15) is 16.7 Å². The molecule has 0 radical (unpaired) electrons. The van der Waals surface area contributed by atoms with Gasteiger partial charge in [0.15, 0.2) is 10.3 Å². The minimum absolute atomic E-state index is 0. The zero-order valence-corrected chi connectivity index (χ0v) is 15.5. The second-order valence-corrected chi connectivity index (χ2v) is 5.61. The van der Waals surface area contributed by atoms with Crippen LogP contribution in [0.15, 0.2) is 18.2 Å². The minimum atomic E-state index is 0. The fraction of sp³-hybridized carbons (Fsp3) is 0.273. The summed E-state index contributed by atoms with van der Waals surface area (Å²) in [6.45, 7) is 2.03. The van der Waals surface area contributed by atoms with E-state index in [0.717, 1.165) is 11.1 Å². The monoisotopic (exact) mass is 428 g/mol. The van der Waals surface area contributed by atoms with Gasteiger partial charge in [-0.1, -0.05) is 47.3 Å². The van der Waals surface area contributed by atoms with E-state index in [2.05, 4.69) is 6.07 Å². The van der Waals surface area contributed by atoms with Crippen LogP contribution in [-0.4, -0.2) is 10.3 Å². The third kappa shape index (κ3) is 8.56. The van der Waals surface area contributed by atoms with Crippen molar-refractivity contribution in [2.24, 2.45) is 11.5 Å². The zero-order chi connectivity index (χ0) is 12.8. The first-order chi connectivity index (χ1) is 7.99. The molecule has 0 fully saturated rings. The molecule has 0 saturated heterocycles. The molecule has 6 N–H and O–H groups in total. The van der Waals surface area contributed by atoms with Gasteiger partial charge in [-0.2, -0.15) is 0 Å². The van der Waals surface area contributed by atoms with Gasteiger partial charge >= 0.3 is 0 Å². The molecule has 0 aliphatic rings. The molecular weight excluding hydrogens is 412 g/mol. The Morgan fingerprint density at radius 1 is 1.00 bits per heavy atom. The first-order valence-corrected chi connectivity index (χ1v) is 6.98. The Bertz CT molecular complexity index is 441. The van der Waals surface area contributed by atoms with Crippen LogP contribution in [0.25, 0.3) is 0 Å². The number of thioether (sulfide) groups is 2. The molecule has 1 aromatic carbocycles. The third-order valence-electron chi connectivity index (χ3n) is 2.13. The van der Waals surface area contributed by atoms with Crippen LogP contribution in [0.4, 0.5) is 0 Å². The average molecular weight is 430 g/mol. The SMILES string of the molecule is Br.Br.Cc1ccc(CSC(=N)N)c(CSC(=N)N)c1. The van der Waals surface area contributed by atoms with Gasteiger partial charge in [-0.25, -0.2) is 0 Å². The van der Waals surface area contributed by atoms with Crippen LogP contribution >= 0.6 is 57.5 Å². The van der Waals surface area contributed by atoms with Crippen molar-refractivity contribution < 1.29 is 0 Å². The van der Waals surface area contributed by atoms with Crippen molar-refractivity contribution in [2.45, 2.75) is 18.4 Å². The summed E-state index contributed by atoms with van der Waals surface area (Å²) in [6.07, 6.45) is 0. The zero-order valence-electron chi connectivity index (χ0n) is 10.4. The fourth-order valence-electron chi connectivity index (χ4n) is 1.34. The summed E-state index contributed by atoms with van der Waals surface area (Å²) in [7, 11) is 0. The number of aryl methyl sites for hydroxylation is 1. The van der Waals surface area contributed by atoms with E-state index in [4.69, 9.17) is 22.3 Å². The van der Waals surface area contributed by atoms with Gasteiger partial charge in [0.05, 0.1) is 0 Å². The smallest absolute Gasteiger partial charge is 0.151 e. The Balaban J connectivity index is 0. The Morgan fingerprint density at radius 3 is 1.95 bits per heavy atom. The highest BCUT2D eigenvalue weighted by Gasteiger charge is 2.05. The molecule has 0 aliphatic heterocycles. The molecule has 19 heavy (non-hydrogen) atoms. The van der Waals surface area contributed by atoms with Crippen molar-refractivity contribution in [1.82, 2.24) is 0 Å². The molecule has 1 rings (SSSR count). The van der Waals surface area contributed by atoms with E-state index in [1.165, 1.54) is 29.1 Å². The van der Waals surface area contributed by atoms with Gasteiger partial charge in [0.2, 0.25) is 0 Å². The van der Waals surface area contributed by atoms with Crippen molar-refractivity contribution in [1.29, 1.82) is 10.8 Å². The summed E-state index contributed by atoms with van der Waals surface area (Å²) >= 11 is 2.61. The van der Waals surface area contributed by atoms with Crippen LogP contribution in [-0.2, 0) is 11.5 Å². The summed E-state index contributed by atoms with van der Waals surface area (Å²) in [5, 5.41) is 14.7. The topological polar surface area (TPSA) is 99.7 Å². The molecule has 0 saturated carbocycles. The number of benzene rings is 1. The number of halogens is 2. The normalized spacial score (nSPS) is 9.11. The van der Waals surface area contributed by atoms with E-state index in [1.807, 2.05) is 19.1 Å². The average Bonchev–Trinajstić information content (AvgIpc) is 2.24. The Labute approximate surface area is 143 Å². The van der Waals surface area contributed by atoms with Gasteiger partial charge < -0.3 is 11.5 Å². The molecule has 0 heterocycles. The van der Waals surface area contributed by atoms with Crippen molar-refractivity contribution in [2.75, 3.05) is 0 Å².